The van der Waals surface area contributed by atoms with Crippen molar-refractivity contribution < 1.29 is 52.7 Å². The van der Waals surface area contributed by atoms with Crippen LogP contribution in [0.2, 0.25) is 0 Å². The van der Waals surface area contributed by atoms with Gasteiger partial charge in [0.2, 0.25) is 5.95 Å². The zero-order valence-corrected chi connectivity index (χ0v) is 8.06. The fourth-order valence-electron chi connectivity index (χ4n) is 0.741. The van der Waals surface area contributed by atoms with Crippen LogP contribution in [0.15, 0.2) is 12.0 Å². The number of rotatable bonds is 2. The summed E-state index contributed by atoms with van der Waals surface area (Å²) in [6, 6.07) is -6.91. The highest BCUT2D eigenvalue weighted by Gasteiger charge is 2.69. The zero-order chi connectivity index (χ0) is 15.9. The maximum Gasteiger partial charge on any atom is 0.491 e. The molecule has 0 unspecified atom stereocenters. The van der Waals surface area contributed by atoms with Crippen molar-refractivity contribution in [3.05, 3.63) is 12.0 Å². The van der Waals surface area contributed by atoms with Crippen LogP contribution >= 0.6 is 0 Å². The highest BCUT2D eigenvalue weighted by atomic mass is 19.4. The Bertz CT molecular complexity index is 343. The fraction of sp³-hybridized carbons (Fsp3) is 0.667. The first-order valence-corrected chi connectivity index (χ1v) is 3.77. The van der Waals surface area contributed by atoms with Crippen molar-refractivity contribution in [3.8, 4) is 0 Å². The molecule has 0 aliphatic carbocycles. The summed E-state index contributed by atoms with van der Waals surface area (Å²) in [4.78, 5) is -3.26. The molecule has 114 valence electrons. The summed E-state index contributed by atoms with van der Waals surface area (Å²) < 4.78 is 142. The van der Waals surface area contributed by atoms with Gasteiger partial charge in [0.15, 0.2) is 0 Å². The van der Waals surface area contributed by atoms with Crippen LogP contribution in [0.3, 0.4) is 0 Å². The molecule has 0 aromatic rings. The van der Waals surface area contributed by atoms with Gasteiger partial charge < -0.3 is 0 Å². The summed E-state index contributed by atoms with van der Waals surface area (Å²) in [5.41, 5.74) is 0. The Morgan fingerprint density at radius 1 is 0.737 bits per heavy atom. The topological polar surface area (TPSA) is 3.24 Å². The van der Waals surface area contributed by atoms with Gasteiger partial charge in [-0.1, -0.05) is 0 Å². The number of nitrogens with zero attached hydrogens (tertiary/aromatic N) is 1. The average molecular weight is 315 g/mol. The standard InChI is InChI=1S/C6HF12N/c7-2(1-3(8,9)10)19(6(16,17)18)5(14,15)4(11,12)13/h1H/b2-1-. The lowest BCUT2D eigenvalue weighted by Crippen LogP contribution is -2.57. The predicted molar refractivity (Wildman–Crippen MR) is 34.1 cm³/mol. The molecule has 19 heavy (non-hydrogen) atoms. The van der Waals surface area contributed by atoms with E-state index in [0.29, 0.717) is 0 Å². The molecule has 0 bridgehead atoms. The van der Waals surface area contributed by atoms with Gasteiger partial charge in [-0.05, 0) is 0 Å². The molecule has 0 radical (unpaired) electrons. The SMILES string of the molecule is F/C(=C/C(F)(F)F)N(C(F)(F)F)C(F)(F)C(F)(F)F. The Hall–Kier alpha value is -1.30. The van der Waals surface area contributed by atoms with Gasteiger partial charge >= 0.3 is 24.7 Å². The molecule has 1 nitrogen and oxygen atoms in total. The van der Waals surface area contributed by atoms with E-state index >= 15 is 0 Å². The summed E-state index contributed by atoms with van der Waals surface area (Å²) in [5, 5.41) is 0. The second-order valence-corrected chi connectivity index (χ2v) is 2.85. The van der Waals surface area contributed by atoms with Crippen LogP contribution in [-0.2, 0) is 0 Å². The Morgan fingerprint density at radius 2 is 1.11 bits per heavy atom. The monoisotopic (exact) mass is 315 g/mol. The smallest absolute Gasteiger partial charge is 0.190 e. The van der Waals surface area contributed by atoms with E-state index in [9.17, 15) is 52.7 Å². The third-order valence-corrected chi connectivity index (χ3v) is 1.37. The molecular formula is C6HF12N. The number of hydrogen-bond acceptors (Lipinski definition) is 1. The quantitative estimate of drug-likeness (QED) is 0.541. The van der Waals surface area contributed by atoms with E-state index in [1.54, 1.807) is 0 Å². The van der Waals surface area contributed by atoms with E-state index in [0.717, 1.165) is 0 Å². The summed E-state index contributed by atoms with van der Waals surface area (Å²) in [5.74, 6) is -3.85. The lowest BCUT2D eigenvalue weighted by atomic mass is 10.4. The molecular weight excluding hydrogens is 314 g/mol. The molecule has 0 aromatic carbocycles. The molecule has 0 rings (SSSR count). The van der Waals surface area contributed by atoms with E-state index in [2.05, 4.69) is 0 Å². The minimum atomic E-state index is -6.95. The molecule has 13 heteroatoms. The second-order valence-electron chi connectivity index (χ2n) is 2.85. The fourth-order valence-corrected chi connectivity index (χ4v) is 0.741. The Morgan fingerprint density at radius 3 is 1.32 bits per heavy atom. The molecule has 0 heterocycles. The maximum absolute atomic E-state index is 12.5. The van der Waals surface area contributed by atoms with E-state index in [-0.39, 0.29) is 0 Å². The van der Waals surface area contributed by atoms with Gasteiger partial charge in [0.25, 0.3) is 0 Å². The molecule has 0 fully saturated rings. The highest BCUT2D eigenvalue weighted by Crippen LogP contribution is 2.46. The van der Waals surface area contributed by atoms with E-state index in [1.807, 2.05) is 0 Å². The molecule has 0 aromatic heterocycles. The first-order valence-electron chi connectivity index (χ1n) is 3.77. The third kappa shape index (κ3) is 4.38. The van der Waals surface area contributed by atoms with E-state index in [1.165, 1.54) is 0 Å². The molecule has 0 saturated heterocycles. The molecule has 0 aliphatic rings. The van der Waals surface area contributed by atoms with Crippen molar-refractivity contribution >= 4 is 0 Å². The summed E-state index contributed by atoms with van der Waals surface area (Å²) in [6.07, 6.45) is -21.5. The van der Waals surface area contributed by atoms with Crippen molar-refractivity contribution in [3.63, 3.8) is 0 Å². The van der Waals surface area contributed by atoms with Crippen molar-refractivity contribution in [2.24, 2.45) is 0 Å². The molecule has 0 saturated carbocycles. The van der Waals surface area contributed by atoms with Crippen LogP contribution in [0.5, 0.6) is 0 Å². The zero-order valence-electron chi connectivity index (χ0n) is 8.06. The normalized spacial score (nSPS) is 15.7. The first kappa shape index (κ1) is 17.7. The van der Waals surface area contributed by atoms with Gasteiger partial charge in [-0.2, -0.15) is 44.4 Å². The molecule has 0 atom stereocenters. The lowest BCUT2D eigenvalue weighted by molar-refractivity contribution is -0.404. The number of hydrogen-bond donors (Lipinski definition) is 0. The molecule has 0 N–H and O–H groups in total. The van der Waals surface area contributed by atoms with Gasteiger partial charge in [-0.3, -0.25) is 0 Å². The van der Waals surface area contributed by atoms with E-state index in [4.69, 9.17) is 0 Å². The van der Waals surface area contributed by atoms with Gasteiger partial charge in [0, 0.05) is 0 Å². The van der Waals surface area contributed by atoms with Crippen molar-refractivity contribution in [1.82, 2.24) is 4.90 Å². The van der Waals surface area contributed by atoms with Crippen LogP contribution in [0.1, 0.15) is 0 Å². The Labute approximate surface area is 95.6 Å². The summed E-state index contributed by atoms with van der Waals surface area (Å²) >= 11 is 0. The van der Waals surface area contributed by atoms with Crippen molar-refractivity contribution in [1.29, 1.82) is 0 Å². The minimum absolute atomic E-state index is 1.97. The Kier molecular flexibility index (Phi) is 4.35. The van der Waals surface area contributed by atoms with Gasteiger partial charge in [0.05, 0.1) is 6.08 Å². The predicted octanol–water partition coefficient (Wildman–Crippen LogP) is 4.34. The summed E-state index contributed by atoms with van der Waals surface area (Å²) in [6.45, 7) is 0. The second kappa shape index (κ2) is 4.67. The van der Waals surface area contributed by atoms with Crippen LogP contribution in [-0.4, -0.2) is 29.6 Å². The van der Waals surface area contributed by atoms with Gasteiger partial charge in [-0.25, -0.2) is 0 Å². The molecule has 0 amide bonds. The van der Waals surface area contributed by atoms with Crippen LogP contribution in [0, 0.1) is 0 Å². The van der Waals surface area contributed by atoms with Crippen LogP contribution < -0.4 is 0 Å². The van der Waals surface area contributed by atoms with Gasteiger partial charge in [-0.15, -0.1) is 13.2 Å². The largest absolute Gasteiger partial charge is 0.491 e. The number of allylic oxidation sites excluding steroid dienone is 1. The van der Waals surface area contributed by atoms with Crippen molar-refractivity contribution in [2.45, 2.75) is 24.7 Å². The summed E-state index contributed by atoms with van der Waals surface area (Å²) in [7, 11) is 0. The Balaban J connectivity index is 5.83. The van der Waals surface area contributed by atoms with Gasteiger partial charge in [0.1, 0.15) is 0 Å². The highest BCUT2D eigenvalue weighted by molar-refractivity contribution is 5.01. The van der Waals surface area contributed by atoms with E-state index < -0.39 is 41.6 Å². The number of halogens is 12. The van der Waals surface area contributed by atoms with Crippen molar-refractivity contribution in [2.75, 3.05) is 0 Å². The maximum atomic E-state index is 12.5. The molecule has 0 aliphatic heterocycles. The first-order chi connectivity index (χ1) is 8.00. The minimum Gasteiger partial charge on any atom is -0.190 e. The average Bonchev–Trinajstić information content (AvgIpc) is 1.92. The van der Waals surface area contributed by atoms with Crippen LogP contribution in [0.4, 0.5) is 52.7 Å². The third-order valence-electron chi connectivity index (χ3n) is 1.37. The molecule has 0 spiro atoms. The lowest BCUT2D eigenvalue weighted by Gasteiger charge is -2.33. The van der Waals surface area contributed by atoms with Crippen LogP contribution in [0.25, 0.3) is 0 Å². The number of alkyl halides is 11.